The molecule has 2 heteroatoms. The molecule has 2 saturated heterocycles. The molecule has 2 aliphatic rings. The Morgan fingerprint density at radius 1 is 0.895 bits per heavy atom. The normalized spacial score (nSPS) is 28.1. The molecule has 0 spiro atoms. The lowest BCUT2D eigenvalue weighted by atomic mass is 9.88. The molecule has 2 atom stereocenters. The smallest absolute Gasteiger partial charge is 0.000988 e. The summed E-state index contributed by atoms with van der Waals surface area (Å²) in [5.41, 5.74) is 0. The first-order valence-corrected chi connectivity index (χ1v) is 8.58. The number of nitrogens with zero attached hydrogens (tertiary/aromatic N) is 2. The van der Waals surface area contributed by atoms with Crippen molar-refractivity contribution in [2.24, 2.45) is 17.8 Å². The highest BCUT2D eigenvalue weighted by Crippen LogP contribution is 2.25. The molecule has 0 saturated carbocycles. The van der Waals surface area contributed by atoms with Gasteiger partial charge in [0.25, 0.3) is 0 Å². The van der Waals surface area contributed by atoms with Crippen molar-refractivity contribution >= 4 is 0 Å². The second-order valence-corrected chi connectivity index (χ2v) is 7.51. The van der Waals surface area contributed by atoms with Crippen LogP contribution in [0.1, 0.15) is 52.9 Å². The van der Waals surface area contributed by atoms with Gasteiger partial charge in [-0.25, -0.2) is 0 Å². The molecule has 0 aromatic rings. The maximum absolute atomic E-state index is 2.71. The van der Waals surface area contributed by atoms with Crippen LogP contribution in [-0.4, -0.2) is 49.1 Å². The Bertz CT molecular complexity index is 246. The maximum atomic E-state index is 2.71. The minimum absolute atomic E-state index is 0.820. The number of likely N-dealkylation sites (tertiary alicyclic amines) is 2. The van der Waals surface area contributed by atoms with Gasteiger partial charge in [0, 0.05) is 19.6 Å². The van der Waals surface area contributed by atoms with Gasteiger partial charge < -0.3 is 9.80 Å². The minimum atomic E-state index is 0.820. The van der Waals surface area contributed by atoms with E-state index < -0.39 is 0 Å². The molecule has 2 heterocycles. The van der Waals surface area contributed by atoms with E-state index in [1.165, 1.54) is 71.4 Å². The Labute approximate surface area is 120 Å². The molecule has 0 aliphatic carbocycles. The van der Waals surface area contributed by atoms with Crippen LogP contribution in [0.4, 0.5) is 0 Å². The van der Waals surface area contributed by atoms with Gasteiger partial charge in [-0.3, -0.25) is 0 Å². The molecule has 2 nitrogen and oxygen atoms in total. The Balaban J connectivity index is 1.68. The van der Waals surface area contributed by atoms with Crippen molar-refractivity contribution in [1.82, 2.24) is 9.80 Å². The zero-order valence-corrected chi connectivity index (χ0v) is 13.4. The fourth-order valence-electron chi connectivity index (χ4n) is 4.08. The van der Waals surface area contributed by atoms with Crippen LogP contribution in [0, 0.1) is 17.8 Å². The molecule has 2 aliphatic heterocycles. The monoisotopic (exact) mass is 266 g/mol. The van der Waals surface area contributed by atoms with Gasteiger partial charge in [-0.05, 0) is 69.5 Å². The van der Waals surface area contributed by atoms with E-state index in [1.54, 1.807) is 0 Å². The lowest BCUT2D eigenvalue weighted by Crippen LogP contribution is -2.38. The molecule has 0 amide bonds. The van der Waals surface area contributed by atoms with Crippen molar-refractivity contribution in [2.75, 3.05) is 39.3 Å². The van der Waals surface area contributed by atoms with Crippen LogP contribution in [-0.2, 0) is 0 Å². The van der Waals surface area contributed by atoms with Gasteiger partial charge in [-0.2, -0.15) is 0 Å². The minimum Gasteiger partial charge on any atom is -0.303 e. The largest absolute Gasteiger partial charge is 0.303 e. The lowest BCUT2D eigenvalue weighted by Gasteiger charge is -2.35. The Morgan fingerprint density at radius 2 is 1.58 bits per heavy atom. The number of rotatable bonds is 6. The first-order valence-electron chi connectivity index (χ1n) is 8.58. The highest BCUT2D eigenvalue weighted by Gasteiger charge is 2.23. The molecule has 0 bridgehead atoms. The van der Waals surface area contributed by atoms with Crippen LogP contribution in [0.2, 0.25) is 0 Å². The summed E-state index contributed by atoms with van der Waals surface area (Å²) >= 11 is 0. The van der Waals surface area contributed by atoms with Crippen molar-refractivity contribution in [3.8, 4) is 0 Å². The summed E-state index contributed by atoms with van der Waals surface area (Å²) in [4.78, 5) is 5.39. The van der Waals surface area contributed by atoms with Crippen molar-refractivity contribution in [2.45, 2.75) is 52.9 Å². The number of hydrogen-bond acceptors (Lipinski definition) is 2. The van der Waals surface area contributed by atoms with E-state index in [0.717, 1.165) is 17.8 Å². The molecular weight excluding hydrogens is 232 g/mol. The highest BCUT2D eigenvalue weighted by atomic mass is 15.1. The third-order valence-corrected chi connectivity index (χ3v) is 4.73. The molecule has 0 radical (unpaired) electrons. The third kappa shape index (κ3) is 5.43. The standard InChI is InChI=1S/C17H34N2/c1-15(2)12-19-10-6-7-17(14-19)11-16(3)13-18-8-4-5-9-18/h15-17H,4-14H2,1-3H3. The second-order valence-electron chi connectivity index (χ2n) is 7.51. The zero-order valence-electron chi connectivity index (χ0n) is 13.4. The molecule has 0 aromatic carbocycles. The van der Waals surface area contributed by atoms with Gasteiger partial charge in [0.15, 0.2) is 0 Å². The number of hydrogen-bond donors (Lipinski definition) is 0. The lowest BCUT2D eigenvalue weighted by molar-refractivity contribution is 0.137. The van der Waals surface area contributed by atoms with Crippen molar-refractivity contribution < 1.29 is 0 Å². The van der Waals surface area contributed by atoms with Crippen LogP contribution in [0.5, 0.6) is 0 Å². The van der Waals surface area contributed by atoms with E-state index in [-0.39, 0.29) is 0 Å². The first-order chi connectivity index (χ1) is 9.13. The molecular formula is C17H34N2. The summed E-state index contributed by atoms with van der Waals surface area (Å²) in [7, 11) is 0. The fourth-order valence-corrected chi connectivity index (χ4v) is 4.08. The van der Waals surface area contributed by atoms with E-state index in [4.69, 9.17) is 0 Å². The van der Waals surface area contributed by atoms with Gasteiger partial charge in [0.1, 0.15) is 0 Å². The van der Waals surface area contributed by atoms with Gasteiger partial charge in [-0.15, -0.1) is 0 Å². The molecule has 0 N–H and O–H groups in total. The highest BCUT2D eigenvalue weighted by molar-refractivity contribution is 4.77. The van der Waals surface area contributed by atoms with E-state index in [1.807, 2.05) is 0 Å². The summed E-state index contributed by atoms with van der Waals surface area (Å²) in [6, 6.07) is 0. The molecule has 2 fully saturated rings. The third-order valence-electron chi connectivity index (χ3n) is 4.73. The average Bonchev–Trinajstić information content (AvgIpc) is 2.81. The van der Waals surface area contributed by atoms with Crippen LogP contribution >= 0.6 is 0 Å². The topological polar surface area (TPSA) is 6.48 Å². The molecule has 19 heavy (non-hydrogen) atoms. The predicted octanol–water partition coefficient (Wildman–Crippen LogP) is 3.48. The maximum Gasteiger partial charge on any atom is 0.000988 e. The number of piperidine rings is 1. The predicted molar refractivity (Wildman–Crippen MR) is 83.5 cm³/mol. The fraction of sp³-hybridized carbons (Fsp3) is 1.00. The van der Waals surface area contributed by atoms with E-state index in [2.05, 4.69) is 30.6 Å². The summed E-state index contributed by atoms with van der Waals surface area (Å²) in [6.45, 7) is 15.2. The van der Waals surface area contributed by atoms with E-state index in [9.17, 15) is 0 Å². The molecule has 112 valence electrons. The molecule has 0 aromatic heterocycles. The Hall–Kier alpha value is -0.0800. The van der Waals surface area contributed by atoms with Crippen LogP contribution in [0.3, 0.4) is 0 Å². The van der Waals surface area contributed by atoms with Crippen molar-refractivity contribution in [3.05, 3.63) is 0 Å². The van der Waals surface area contributed by atoms with Gasteiger partial charge in [0.2, 0.25) is 0 Å². The van der Waals surface area contributed by atoms with Gasteiger partial charge in [-0.1, -0.05) is 20.8 Å². The second kappa shape index (κ2) is 7.64. The molecule has 2 rings (SSSR count). The van der Waals surface area contributed by atoms with Crippen LogP contribution in [0.25, 0.3) is 0 Å². The Kier molecular flexibility index (Phi) is 6.15. The summed E-state index contributed by atoms with van der Waals surface area (Å²) in [5.74, 6) is 2.67. The SMILES string of the molecule is CC(C)CN1CCCC(CC(C)CN2CCCC2)C1. The summed E-state index contributed by atoms with van der Waals surface area (Å²) < 4.78 is 0. The van der Waals surface area contributed by atoms with Gasteiger partial charge >= 0.3 is 0 Å². The van der Waals surface area contributed by atoms with Crippen molar-refractivity contribution in [3.63, 3.8) is 0 Å². The first kappa shape index (κ1) is 15.3. The Morgan fingerprint density at radius 3 is 2.26 bits per heavy atom. The average molecular weight is 266 g/mol. The quantitative estimate of drug-likeness (QED) is 0.726. The summed E-state index contributed by atoms with van der Waals surface area (Å²) in [5, 5.41) is 0. The van der Waals surface area contributed by atoms with Crippen LogP contribution < -0.4 is 0 Å². The summed E-state index contributed by atoms with van der Waals surface area (Å²) in [6.07, 6.45) is 7.20. The van der Waals surface area contributed by atoms with Crippen molar-refractivity contribution in [1.29, 1.82) is 0 Å². The molecule has 2 unspecified atom stereocenters. The zero-order chi connectivity index (χ0) is 13.7. The van der Waals surface area contributed by atoms with Crippen LogP contribution in [0.15, 0.2) is 0 Å². The van der Waals surface area contributed by atoms with Gasteiger partial charge in [0.05, 0.1) is 0 Å². The van der Waals surface area contributed by atoms with E-state index >= 15 is 0 Å². The van der Waals surface area contributed by atoms with E-state index in [0.29, 0.717) is 0 Å².